The quantitative estimate of drug-likeness (QED) is 0.294. The number of anilines is 1. The number of carboxylic acid groups (broad SMARTS) is 1. The topological polar surface area (TPSA) is 124 Å². The number of ether oxygens (including phenoxy) is 2. The Balaban J connectivity index is 1.47. The molecule has 9 nitrogen and oxygen atoms in total. The van der Waals surface area contributed by atoms with Crippen LogP contribution in [-0.2, 0) is 16.0 Å². The first-order valence-corrected chi connectivity index (χ1v) is 11.7. The highest BCUT2D eigenvalue weighted by atomic mass is 16.6. The van der Waals surface area contributed by atoms with Crippen molar-refractivity contribution in [2.45, 2.75) is 38.9 Å². The molecule has 0 saturated heterocycles. The Kier molecular flexibility index (Phi) is 7.52. The van der Waals surface area contributed by atoms with E-state index < -0.39 is 23.8 Å². The molecule has 4 rings (SSSR count). The van der Waals surface area contributed by atoms with Crippen molar-refractivity contribution >= 4 is 17.9 Å². The summed E-state index contributed by atoms with van der Waals surface area (Å²) in [5, 5.41) is 16.4. The molecule has 2 aromatic heterocycles. The average Bonchev–Trinajstić information content (AvgIpc) is 3.25. The van der Waals surface area contributed by atoms with Gasteiger partial charge in [0.2, 0.25) is 17.4 Å². The molecule has 2 atom stereocenters. The van der Waals surface area contributed by atoms with Gasteiger partial charge in [0.1, 0.15) is 6.10 Å². The molecule has 9 heteroatoms. The van der Waals surface area contributed by atoms with E-state index >= 15 is 0 Å². The number of nitrogens with one attached hydrogen (secondary N) is 1. The maximum atomic E-state index is 12.5. The minimum atomic E-state index is -1.52. The van der Waals surface area contributed by atoms with Gasteiger partial charge < -0.3 is 19.1 Å². The van der Waals surface area contributed by atoms with Crippen LogP contribution in [0.15, 0.2) is 83.5 Å². The molecule has 0 aliphatic rings. The van der Waals surface area contributed by atoms with Gasteiger partial charge in [-0.3, -0.25) is 5.32 Å². The van der Waals surface area contributed by atoms with Crippen LogP contribution in [0.2, 0.25) is 0 Å². The highest BCUT2D eigenvalue weighted by Gasteiger charge is 2.36. The number of amides is 1. The minimum Gasteiger partial charge on any atom is -0.478 e. The molecule has 0 aliphatic carbocycles. The van der Waals surface area contributed by atoms with Crippen LogP contribution in [-0.4, -0.2) is 32.9 Å². The monoisotopic (exact) mass is 501 g/mol. The zero-order valence-electron chi connectivity index (χ0n) is 20.7. The number of hydrogen-bond acceptors (Lipinski definition) is 7. The first-order valence-electron chi connectivity index (χ1n) is 11.7. The molecule has 0 saturated carbocycles. The molecule has 0 fully saturated rings. The molecule has 1 amide bonds. The van der Waals surface area contributed by atoms with Crippen molar-refractivity contribution in [1.29, 1.82) is 0 Å². The number of pyridine rings is 1. The molecule has 2 aromatic carbocycles. The van der Waals surface area contributed by atoms with Crippen molar-refractivity contribution in [3.8, 4) is 17.0 Å². The molecule has 190 valence electrons. The number of aliphatic carboxylic acids is 1. The van der Waals surface area contributed by atoms with Gasteiger partial charge in [0, 0.05) is 24.2 Å². The summed E-state index contributed by atoms with van der Waals surface area (Å²) in [6.07, 6.45) is 0.503. The fourth-order valence-electron chi connectivity index (χ4n) is 3.83. The van der Waals surface area contributed by atoms with Crippen molar-refractivity contribution in [3.63, 3.8) is 0 Å². The molecule has 0 bridgehead atoms. The number of hydrogen-bond donors (Lipinski definition) is 2. The molecule has 2 N–H and O–H groups in total. The van der Waals surface area contributed by atoms with Gasteiger partial charge in [-0.05, 0) is 38.0 Å². The van der Waals surface area contributed by atoms with Crippen molar-refractivity contribution in [2.24, 2.45) is 0 Å². The number of carbonyl (C=O) groups excluding carboxylic acids is 1. The van der Waals surface area contributed by atoms with E-state index in [9.17, 15) is 14.7 Å². The molecular formula is C28H27N3O6. The molecule has 0 aliphatic heterocycles. The maximum Gasteiger partial charge on any atom is 0.414 e. The smallest absolute Gasteiger partial charge is 0.414 e. The van der Waals surface area contributed by atoms with Crippen LogP contribution in [0.3, 0.4) is 0 Å². The second-order valence-electron chi connectivity index (χ2n) is 8.74. The normalized spacial score (nSPS) is 13.3. The Hall–Kier alpha value is -4.66. The van der Waals surface area contributed by atoms with Gasteiger partial charge in [0.15, 0.2) is 0 Å². The van der Waals surface area contributed by atoms with Crippen LogP contribution in [0.1, 0.15) is 36.8 Å². The van der Waals surface area contributed by atoms with Gasteiger partial charge >= 0.3 is 12.1 Å². The first-order chi connectivity index (χ1) is 17.7. The number of carboxylic acids is 1. The van der Waals surface area contributed by atoms with Gasteiger partial charge in [-0.2, -0.15) is 0 Å². The third kappa shape index (κ3) is 6.13. The second kappa shape index (κ2) is 10.9. The average molecular weight is 502 g/mol. The molecular weight excluding hydrogens is 474 g/mol. The lowest BCUT2D eigenvalue weighted by atomic mass is 9.96. The van der Waals surface area contributed by atoms with Gasteiger partial charge in [-0.15, -0.1) is 0 Å². The summed E-state index contributed by atoms with van der Waals surface area (Å²) in [7, 11) is 0. The largest absolute Gasteiger partial charge is 0.478 e. The second-order valence-corrected chi connectivity index (χ2v) is 8.74. The van der Waals surface area contributed by atoms with Crippen LogP contribution in [0.5, 0.6) is 5.88 Å². The van der Waals surface area contributed by atoms with Crippen molar-refractivity contribution < 1.29 is 28.7 Å². The van der Waals surface area contributed by atoms with E-state index in [1.54, 1.807) is 26.0 Å². The molecule has 4 aromatic rings. The highest BCUT2D eigenvalue weighted by Crippen LogP contribution is 2.33. The van der Waals surface area contributed by atoms with Crippen molar-refractivity contribution in [2.75, 3.05) is 5.32 Å². The lowest BCUT2D eigenvalue weighted by molar-refractivity contribution is -0.153. The molecule has 2 heterocycles. The van der Waals surface area contributed by atoms with Crippen LogP contribution >= 0.6 is 0 Å². The minimum absolute atomic E-state index is 0.109. The van der Waals surface area contributed by atoms with Crippen LogP contribution in [0, 0.1) is 6.92 Å². The predicted octanol–water partition coefficient (Wildman–Crippen LogP) is 5.82. The molecule has 37 heavy (non-hydrogen) atoms. The SMILES string of the molecule is Cc1noc(NC(=O)OC(C)c2ccccc2)c1-c1ccc(OC(C)(Cc2ccccc2)C(=O)O)nc1. The summed E-state index contributed by atoms with van der Waals surface area (Å²) in [4.78, 5) is 28.8. The summed E-state index contributed by atoms with van der Waals surface area (Å²) in [5.41, 5.74) is 1.81. The zero-order chi connectivity index (χ0) is 26.4. The molecule has 2 unspecified atom stereocenters. The van der Waals surface area contributed by atoms with E-state index in [-0.39, 0.29) is 18.2 Å². The number of aromatic nitrogens is 2. The van der Waals surface area contributed by atoms with E-state index in [4.69, 9.17) is 14.0 Å². The zero-order valence-corrected chi connectivity index (χ0v) is 20.7. The predicted molar refractivity (Wildman–Crippen MR) is 136 cm³/mol. The third-order valence-electron chi connectivity index (χ3n) is 5.82. The summed E-state index contributed by atoms with van der Waals surface area (Å²) in [5.74, 6) is -0.853. The fraction of sp³-hybridized carbons (Fsp3) is 0.214. The summed E-state index contributed by atoms with van der Waals surface area (Å²) in [6.45, 7) is 5.01. The third-order valence-corrected chi connectivity index (χ3v) is 5.82. The van der Waals surface area contributed by atoms with Crippen molar-refractivity contribution in [1.82, 2.24) is 10.1 Å². The number of rotatable bonds is 9. The lowest BCUT2D eigenvalue weighted by Gasteiger charge is -2.25. The van der Waals surface area contributed by atoms with E-state index in [1.807, 2.05) is 60.7 Å². The van der Waals surface area contributed by atoms with Crippen LogP contribution < -0.4 is 10.1 Å². The van der Waals surface area contributed by atoms with Gasteiger partial charge in [-0.25, -0.2) is 14.6 Å². The first kappa shape index (κ1) is 25.4. The number of aryl methyl sites for hydroxylation is 1. The number of nitrogens with zero attached hydrogens (tertiary/aromatic N) is 2. The Morgan fingerprint density at radius 3 is 2.35 bits per heavy atom. The fourth-order valence-corrected chi connectivity index (χ4v) is 3.83. The Labute approximate surface area is 214 Å². The number of benzene rings is 2. The van der Waals surface area contributed by atoms with E-state index in [0.29, 0.717) is 16.8 Å². The maximum absolute atomic E-state index is 12.5. The van der Waals surface area contributed by atoms with Crippen LogP contribution in [0.25, 0.3) is 11.1 Å². The number of carbonyl (C=O) groups is 2. The van der Waals surface area contributed by atoms with Gasteiger partial charge in [-0.1, -0.05) is 65.8 Å². The summed E-state index contributed by atoms with van der Waals surface area (Å²) >= 11 is 0. The standard InChI is InChI=1S/C28H27N3O6/c1-18-24(25(37-31-18)30-27(34)35-19(2)21-12-8-5-9-13-21)22-14-15-23(29-17-22)36-28(3,26(32)33)16-20-10-6-4-7-11-20/h4-15,17,19H,16H2,1-3H3,(H,30,34)(H,32,33). The van der Waals surface area contributed by atoms with E-state index in [2.05, 4.69) is 15.5 Å². The lowest BCUT2D eigenvalue weighted by Crippen LogP contribution is -2.43. The van der Waals surface area contributed by atoms with Gasteiger partial charge in [0.05, 0.1) is 11.3 Å². The highest BCUT2D eigenvalue weighted by molar-refractivity contribution is 5.89. The molecule has 0 spiro atoms. The van der Waals surface area contributed by atoms with Crippen LogP contribution in [0.4, 0.5) is 10.7 Å². The molecule has 0 radical (unpaired) electrons. The van der Waals surface area contributed by atoms with E-state index in [0.717, 1.165) is 11.1 Å². The van der Waals surface area contributed by atoms with E-state index in [1.165, 1.54) is 13.1 Å². The van der Waals surface area contributed by atoms with Gasteiger partial charge in [0.25, 0.3) is 0 Å². The Bertz CT molecular complexity index is 1360. The Morgan fingerprint density at radius 2 is 1.73 bits per heavy atom. The summed E-state index contributed by atoms with van der Waals surface area (Å²) < 4.78 is 16.6. The van der Waals surface area contributed by atoms with Crippen molar-refractivity contribution in [3.05, 3.63) is 95.8 Å². The summed E-state index contributed by atoms with van der Waals surface area (Å²) in [6, 6.07) is 21.8. The Morgan fingerprint density at radius 1 is 1.05 bits per heavy atom.